The van der Waals surface area contributed by atoms with Crippen LogP contribution < -0.4 is 11.3 Å². The van der Waals surface area contributed by atoms with Gasteiger partial charge >= 0.3 is 0 Å². The van der Waals surface area contributed by atoms with Gasteiger partial charge in [0.25, 0.3) is 11.5 Å². The number of hydrogen-bond acceptors (Lipinski definition) is 5. The summed E-state index contributed by atoms with van der Waals surface area (Å²) in [5, 5.41) is 2.89. The molecule has 0 saturated carbocycles. The predicted octanol–water partition coefficient (Wildman–Crippen LogP) is 0.799. The monoisotopic (exact) mass is 341 g/mol. The molecule has 4 heterocycles. The van der Waals surface area contributed by atoms with Crippen LogP contribution in [-0.4, -0.2) is 44.5 Å². The number of amides is 1. The minimum Gasteiger partial charge on any atom is -0.466 e. The van der Waals surface area contributed by atoms with Gasteiger partial charge in [0.2, 0.25) is 0 Å². The van der Waals surface area contributed by atoms with Crippen LogP contribution in [0.5, 0.6) is 0 Å². The van der Waals surface area contributed by atoms with Crippen molar-refractivity contribution in [2.24, 2.45) is 5.73 Å². The smallest absolute Gasteiger partial charge is 0.285 e. The highest BCUT2D eigenvalue weighted by molar-refractivity contribution is 5.94. The Hall–Kier alpha value is -2.87. The van der Waals surface area contributed by atoms with Gasteiger partial charge in [-0.3, -0.25) is 14.7 Å². The van der Waals surface area contributed by atoms with E-state index in [9.17, 15) is 9.59 Å². The number of hydrogen-bond donors (Lipinski definition) is 2. The van der Waals surface area contributed by atoms with Gasteiger partial charge in [-0.25, -0.2) is 9.50 Å². The van der Waals surface area contributed by atoms with Crippen molar-refractivity contribution in [2.45, 2.75) is 25.8 Å². The molecule has 1 saturated heterocycles. The predicted molar refractivity (Wildman–Crippen MR) is 90.6 cm³/mol. The average Bonchev–Trinajstić information content (AvgIpc) is 3.25. The van der Waals surface area contributed by atoms with Crippen molar-refractivity contribution >= 4 is 11.6 Å². The Morgan fingerprint density at radius 3 is 2.88 bits per heavy atom. The van der Waals surface area contributed by atoms with E-state index in [1.54, 1.807) is 11.0 Å². The van der Waals surface area contributed by atoms with Gasteiger partial charge in [-0.1, -0.05) is 0 Å². The Morgan fingerprint density at radius 2 is 2.16 bits per heavy atom. The van der Waals surface area contributed by atoms with Gasteiger partial charge < -0.3 is 15.1 Å². The molecule has 3 aromatic rings. The quantitative estimate of drug-likeness (QED) is 0.716. The molecule has 25 heavy (non-hydrogen) atoms. The molecule has 130 valence electrons. The molecule has 0 aromatic carbocycles. The number of nitrogens with one attached hydrogen (secondary N) is 1. The van der Waals surface area contributed by atoms with Crippen LogP contribution in [0.2, 0.25) is 0 Å². The standard InChI is InChI=1S/C17H19N5O3/c1-9-5-15-19-6-11(17(24)22(15)20-9)16(23)21-7-12(13(18)8-21)14-4-3-10(2)25-14/h3-6,12-13,20H,7-8,18H2,1-2H3/t12-,13-/m0/s1. The van der Waals surface area contributed by atoms with Crippen LogP contribution in [0.4, 0.5) is 0 Å². The lowest BCUT2D eigenvalue weighted by Gasteiger charge is -2.15. The Bertz CT molecular complexity index is 1010. The largest absolute Gasteiger partial charge is 0.466 e. The molecule has 3 N–H and O–H groups in total. The summed E-state index contributed by atoms with van der Waals surface area (Å²) < 4.78 is 6.94. The van der Waals surface area contributed by atoms with Crippen molar-refractivity contribution in [3.05, 3.63) is 57.5 Å². The van der Waals surface area contributed by atoms with E-state index in [4.69, 9.17) is 10.2 Å². The van der Waals surface area contributed by atoms with Crippen molar-refractivity contribution in [2.75, 3.05) is 13.1 Å². The maximum absolute atomic E-state index is 12.8. The lowest BCUT2D eigenvalue weighted by molar-refractivity contribution is 0.0786. The molecular formula is C17H19N5O3. The van der Waals surface area contributed by atoms with Crippen molar-refractivity contribution < 1.29 is 9.21 Å². The molecule has 1 aliphatic heterocycles. The molecule has 0 bridgehead atoms. The number of furan rings is 1. The van der Waals surface area contributed by atoms with E-state index in [-0.39, 0.29) is 23.4 Å². The lowest BCUT2D eigenvalue weighted by Crippen LogP contribution is -2.36. The number of H-pyrrole nitrogens is 1. The second kappa shape index (κ2) is 5.59. The molecule has 8 heteroatoms. The zero-order chi connectivity index (χ0) is 17.7. The van der Waals surface area contributed by atoms with Gasteiger partial charge in [-0.2, -0.15) is 0 Å². The first kappa shape index (κ1) is 15.6. The number of aryl methyl sites for hydroxylation is 2. The van der Waals surface area contributed by atoms with Crippen molar-refractivity contribution in [3.8, 4) is 0 Å². The highest BCUT2D eigenvalue weighted by Crippen LogP contribution is 2.28. The molecule has 1 amide bonds. The Labute approximate surface area is 143 Å². The fourth-order valence-electron chi connectivity index (χ4n) is 3.35. The SMILES string of the molecule is Cc1cc2ncc(C(=O)N3C[C@H](c4ccc(C)o4)[C@@H](N)C3)c(=O)n2[nH]1. The fraction of sp³-hybridized carbons (Fsp3) is 0.353. The topological polar surface area (TPSA) is 110 Å². The van der Waals surface area contributed by atoms with Crippen LogP contribution in [0.15, 0.2) is 33.6 Å². The summed E-state index contributed by atoms with van der Waals surface area (Å²) in [6, 6.07) is 5.28. The fourth-order valence-corrected chi connectivity index (χ4v) is 3.35. The van der Waals surface area contributed by atoms with Crippen LogP contribution in [-0.2, 0) is 0 Å². The van der Waals surface area contributed by atoms with Crippen LogP contribution in [0, 0.1) is 13.8 Å². The number of aromatic nitrogens is 3. The highest BCUT2D eigenvalue weighted by atomic mass is 16.3. The number of fused-ring (bicyclic) bond motifs is 1. The molecule has 0 radical (unpaired) electrons. The van der Waals surface area contributed by atoms with Crippen LogP contribution >= 0.6 is 0 Å². The molecule has 1 aliphatic rings. The molecule has 0 unspecified atom stereocenters. The average molecular weight is 341 g/mol. The third-order valence-electron chi connectivity index (χ3n) is 4.63. The van der Waals surface area contributed by atoms with E-state index < -0.39 is 5.56 Å². The first-order chi connectivity index (χ1) is 11.9. The van der Waals surface area contributed by atoms with Crippen molar-refractivity contribution in [1.29, 1.82) is 0 Å². The lowest BCUT2D eigenvalue weighted by atomic mass is 10.0. The third kappa shape index (κ3) is 2.54. The maximum Gasteiger partial charge on any atom is 0.285 e. The number of likely N-dealkylation sites (tertiary alicyclic amines) is 1. The summed E-state index contributed by atoms with van der Waals surface area (Å²) in [6.45, 7) is 4.48. The molecule has 0 spiro atoms. The summed E-state index contributed by atoms with van der Waals surface area (Å²) in [5.41, 5.74) is 7.11. The first-order valence-electron chi connectivity index (χ1n) is 8.12. The van der Waals surface area contributed by atoms with Crippen LogP contribution in [0.1, 0.15) is 33.5 Å². The zero-order valence-corrected chi connectivity index (χ0v) is 14.0. The summed E-state index contributed by atoms with van der Waals surface area (Å²) in [4.78, 5) is 31.2. The van der Waals surface area contributed by atoms with Crippen molar-refractivity contribution in [3.63, 3.8) is 0 Å². The van der Waals surface area contributed by atoms with E-state index in [1.165, 1.54) is 10.7 Å². The minimum absolute atomic E-state index is 0.0304. The summed E-state index contributed by atoms with van der Waals surface area (Å²) in [6.07, 6.45) is 1.34. The normalized spacial score (nSPS) is 20.5. The highest BCUT2D eigenvalue weighted by Gasteiger charge is 2.37. The van der Waals surface area contributed by atoms with Gasteiger partial charge in [0.05, 0.1) is 5.92 Å². The van der Waals surface area contributed by atoms with Crippen LogP contribution in [0.3, 0.4) is 0 Å². The first-order valence-corrected chi connectivity index (χ1v) is 8.12. The number of carbonyl (C=O) groups excluding carboxylic acids is 1. The van der Waals surface area contributed by atoms with Gasteiger partial charge in [0.15, 0.2) is 5.65 Å². The molecular weight excluding hydrogens is 322 g/mol. The number of carbonyl (C=O) groups is 1. The number of aromatic amines is 1. The molecule has 4 rings (SSSR count). The molecule has 8 nitrogen and oxygen atoms in total. The molecule has 1 fully saturated rings. The van der Waals surface area contributed by atoms with Gasteiger partial charge in [-0.05, 0) is 26.0 Å². The van der Waals surface area contributed by atoms with E-state index in [0.717, 1.165) is 17.2 Å². The Kier molecular flexibility index (Phi) is 3.50. The van der Waals surface area contributed by atoms with E-state index in [0.29, 0.717) is 18.7 Å². The molecule has 3 aromatic heterocycles. The molecule has 2 atom stereocenters. The van der Waals surface area contributed by atoms with Crippen LogP contribution in [0.25, 0.3) is 5.65 Å². The summed E-state index contributed by atoms with van der Waals surface area (Å²) in [7, 11) is 0. The van der Waals surface area contributed by atoms with Gasteiger partial charge in [0.1, 0.15) is 17.1 Å². The number of nitrogens with zero attached hydrogens (tertiary/aromatic N) is 3. The third-order valence-corrected chi connectivity index (χ3v) is 4.63. The van der Waals surface area contributed by atoms with E-state index >= 15 is 0 Å². The second-order valence-electron chi connectivity index (χ2n) is 6.54. The number of nitrogens with two attached hydrogens (primary N) is 1. The van der Waals surface area contributed by atoms with E-state index in [2.05, 4.69) is 10.1 Å². The van der Waals surface area contributed by atoms with E-state index in [1.807, 2.05) is 26.0 Å². The summed E-state index contributed by atoms with van der Waals surface area (Å²) in [5.74, 6) is 1.14. The Morgan fingerprint density at radius 1 is 1.36 bits per heavy atom. The van der Waals surface area contributed by atoms with Gasteiger partial charge in [-0.15, -0.1) is 0 Å². The van der Waals surface area contributed by atoms with Crippen molar-refractivity contribution in [1.82, 2.24) is 19.5 Å². The second-order valence-corrected chi connectivity index (χ2v) is 6.54. The molecule has 0 aliphatic carbocycles. The number of rotatable bonds is 2. The van der Waals surface area contributed by atoms with Gasteiger partial charge in [0, 0.05) is 37.1 Å². The summed E-state index contributed by atoms with van der Waals surface area (Å²) >= 11 is 0. The maximum atomic E-state index is 12.8. The minimum atomic E-state index is -0.408. The zero-order valence-electron chi connectivity index (χ0n) is 14.0. The Balaban J connectivity index is 1.63.